The molecule has 0 bridgehead atoms. The van der Waals surface area contributed by atoms with Crippen molar-refractivity contribution in [2.75, 3.05) is 40.9 Å². The van der Waals surface area contributed by atoms with Crippen molar-refractivity contribution >= 4 is 18.6 Å². The summed E-state index contributed by atoms with van der Waals surface area (Å²) in [6.07, 6.45) is 1.78. The van der Waals surface area contributed by atoms with Gasteiger partial charge in [0, 0.05) is 12.1 Å². The first-order chi connectivity index (χ1) is 13.7. The summed E-state index contributed by atoms with van der Waals surface area (Å²) in [4.78, 5) is -0.178. The van der Waals surface area contributed by atoms with Crippen molar-refractivity contribution in [2.24, 2.45) is 0 Å². The van der Waals surface area contributed by atoms with E-state index in [4.69, 9.17) is 9.05 Å². The van der Waals surface area contributed by atoms with Crippen LogP contribution in [0.5, 0.6) is 0 Å². The second-order valence-corrected chi connectivity index (χ2v) is 11.3. The molecule has 0 aliphatic rings. The SMILES string of the molecule is C=CCOP(OCC[N+](C)(C)C)N(C(C)C)C(C)C.Cc1ccc(S(=O)(=O)[O-])cc1. The Labute approximate surface area is 185 Å². The van der Waals surface area contributed by atoms with Gasteiger partial charge in [-0.25, -0.2) is 13.1 Å². The fraction of sp³-hybridized carbons (Fsp3) is 0.619. The summed E-state index contributed by atoms with van der Waals surface area (Å²) in [6.45, 7) is 16.5. The number of aryl methyl sites for hydroxylation is 1. The van der Waals surface area contributed by atoms with E-state index in [0.717, 1.165) is 16.6 Å². The second kappa shape index (κ2) is 13.5. The summed E-state index contributed by atoms with van der Waals surface area (Å²) in [5.74, 6) is 0. The van der Waals surface area contributed by atoms with Crippen molar-refractivity contribution in [1.82, 2.24) is 4.67 Å². The lowest BCUT2D eigenvalue weighted by Gasteiger charge is -2.36. The third kappa shape index (κ3) is 12.7. The zero-order valence-corrected chi connectivity index (χ0v) is 21.4. The number of likely N-dealkylation sites (N-methyl/N-ethyl adjacent to an activating group) is 1. The van der Waals surface area contributed by atoms with Crippen molar-refractivity contribution in [3.05, 3.63) is 42.5 Å². The Bertz CT molecular complexity index is 708. The minimum Gasteiger partial charge on any atom is -0.744 e. The molecular weight excluding hydrogens is 423 g/mol. The normalized spacial score (nSPS) is 13.3. The van der Waals surface area contributed by atoms with Crippen LogP contribution in [0.25, 0.3) is 0 Å². The van der Waals surface area contributed by atoms with Crippen molar-refractivity contribution in [3.8, 4) is 0 Å². The third-order valence-electron chi connectivity index (χ3n) is 3.82. The molecule has 1 unspecified atom stereocenters. The predicted molar refractivity (Wildman–Crippen MR) is 123 cm³/mol. The Morgan fingerprint density at radius 3 is 1.97 bits per heavy atom. The maximum absolute atomic E-state index is 10.4. The van der Waals surface area contributed by atoms with E-state index in [0.29, 0.717) is 25.3 Å². The van der Waals surface area contributed by atoms with Crippen LogP contribution in [-0.2, 0) is 19.2 Å². The van der Waals surface area contributed by atoms with Gasteiger partial charge in [-0.15, -0.1) is 6.58 Å². The summed E-state index contributed by atoms with van der Waals surface area (Å²) in [6, 6.07) is 6.59. The average molecular weight is 463 g/mol. The number of nitrogens with zero attached hydrogens (tertiary/aromatic N) is 2. The van der Waals surface area contributed by atoms with Gasteiger partial charge in [0.25, 0.3) is 8.53 Å². The number of hydrogen-bond donors (Lipinski definition) is 0. The number of benzene rings is 1. The monoisotopic (exact) mass is 462 g/mol. The van der Waals surface area contributed by atoms with Crippen LogP contribution < -0.4 is 0 Å². The van der Waals surface area contributed by atoms with Gasteiger partial charge in [0.1, 0.15) is 23.3 Å². The highest BCUT2D eigenvalue weighted by Gasteiger charge is 2.27. The fourth-order valence-electron chi connectivity index (χ4n) is 2.36. The second-order valence-electron chi connectivity index (χ2n) is 8.50. The van der Waals surface area contributed by atoms with E-state index in [9.17, 15) is 13.0 Å². The topological polar surface area (TPSA) is 78.9 Å². The summed E-state index contributed by atoms with van der Waals surface area (Å²) in [7, 11) is 1.22. The molecule has 1 rings (SSSR count). The quantitative estimate of drug-likeness (QED) is 0.213. The first-order valence-corrected chi connectivity index (χ1v) is 12.5. The minimum absolute atomic E-state index is 0.178. The summed E-state index contributed by atoms with van der Waals surface area (Å²) < 4.78 is 46.2. The van der Waals surface area contributed by atoms with Crippen LogP contribution in [0.3, 0.4) is 0 Å². The fourth-order valence-corrected chi connectivity index (χ4v) is 4.39. The summed E-state index contributed by atoms with van der Waals surface area (Å²) in [5, 5.41) is 0. The highest BCUT2D eigenvalue weighted by Crippen LogP contribution is 2.45. The highest BCUT2D eigenvalue weighted by molar-refractivity contribution is 7.85. The largest absolute Gasteiger partial charge is 0.744 e. The zero-order valence-electron chi connectivity index (χ0n) is 19.7. The lowest BCUT2D eigenvalue weighted by atomic mass is 10.2. The van der Waals surface area contributed by atoms with Crippen LogP contribution >= 0.6 is 8.53 Å². The summed E-state index contributed by atoms with van der Waals surface area (Å²) >= 11 is 0. The van der Waals surface area contributed by atoms with Gasteiger partial charge in [0.05, 0.1) is 32.6 Å². The van der Waals surface area contributed by atoms with Crippen molar-refractivity contribution in [1.29, 1.82) is 0 Å². The average Bonchev–Trinajstić information content (AvgIpc) is 2.57. The smallest absolute Gasteiger partial charge is 0.259 e. The lowest BCUT2D eigenvalue weighted by molar-refractivity contribution is -0.870. The van der Waals surface area contributed by atoms with Crippen molar-refractivity contribution in [2.45, 2.75) is 51.6 Å². The Morgan fingerprint density at radius 1 is 1.10 bits per heavy atom. The molecule has 0 heterocycles. The van der Waals surface area contributed by atoms with E-state index in [1.54, 1.807) is 18.2 Å². The Morgan fingerprint density at radius 2 is 1.60 bits per heavy atom. The lowest BCUT2D eigenvalue weighted by Crippen LogP contribution is -2.38. The van der Waals surface area contributed by atoms with Crippen LogP contribution in [0.1, 0.15) is 33.3 Å². The molecule has 0 aromatic heterocycles. The van der Waals surface area contributed by atoms with E-state index >= 15 is 0 Å². The maximum Gasteiger partial charge on any atom is 0.259 e. The Hall–Kier alpha value is -0.860. The number of rotatable bonds is 11. The number of hydrogen-bond acceptors (Lipinski definition) is 6. The first-order valence-electron chi connectivity index (χ1n) is 9.97. The molecule has 0 aliphatic heterocycles. The van der Waals surface area contributed by atoms with E-state index in [1.807, 2.05) is 6.92 Å². The molecular formula is C21H39N2O5PS. The van der Waals surface area contributed by atoms with Crippen molar-refractivity contribution in [3.63, 3.8) is 0 Å². The minimum atomic E-state index is -4.27. The van der Waals surface area contributed by atoms with Crippen LogP contribution in [0.4, 0.5) is 0 Å². The molecule has 7 nitrogen and oxygen atoms in total. The maximum atomic E-state index is 10.4. The van der Waals surface area contributed by atoms with Crippen LogP contribution in [-0.4, -0.2) is 75.1 Å². The summed E-state index contributed by atoms with van der Waals surface area (Å²) in [5.41, 5.74) is 0.928. The van der Waals surface area contributed by atoms with Gasteiger partial charge < -0.3 is 18.1 Å². The van der Waals surface area contributed by atoms with Crippen LogP contribution in [0.2, 0.25) is 0 Å². The molecule has 1 aromatic rings. The molecule has 1 atom stereocenters. The van der Waals surface area contributed by atoms with Gasteiger partial charge in [0.2, 0.25) is 0 Å². The molecule has 0 saturated heterocycles. The molecule has 0 saturated carbocycles. The molecule has 0 N–H and O–H groups in total. The van der Waals surface area contributed by atoms with Crippen LogP contribution in [0, 0.1) is 6.92 Å². The third-order valence-corrected chi connectivity index (χ3v) is 6.75. The Kier molecular flexibility index (Phi) is 13.1. The van der Waals surface area contributed by atoms with Gasteiger partial charge in [-0.2, -0.15) is 0 Å². The van der Waals surface area contributed by atoms with Gasteiger partial charge in [0.15, 0.2) is 0 Å². The van der Waals surface area contributed by atoms with Gasteiger partial charge in [-0.05, 0) is 46.8 Å². The van der Waals surface area contributed by atoms with Gasteiger partial charge in [-0.1, -0.05) is 23.8 Å². The molecule has 0 aliphatic carbocycles. The van der Waals surface area contributed by atoms with Crippen molar-refractivity contribution < 1.29 is 26.5 Å². The van der Waals surface area contributed by atoms with Gasteiger partial charge >= 0.3 is 0 Å². The van der Waals surface area contributed by atoms with E-state index in [1.165, 1.54) is 12.1 Å². The molecule has 1 aromatic carbocycles. The predicted octanol–water partition coefficient (Wildman–Crippen LogP) is 4.16. The molecule has 0 spiro atoms. The molecule has 0 amide bonds. The standard InChI is InChI=1S/C14H32N2O2P.C7H8O3S/c1-9-11-17-19(15(13(2)3)14(4)5)18-12-10-16(6,7)8;1-6-2-4-7(5-3-6)11(8,9)10/h9,13-14H,1,10-12H2,2-8H3;2-5H,1H3,(H,8,9,10)/q+1;/p-1. The zero-order chi connectivity index (χ0) is 23.5. The van der Waals surface area contributed by atoms with E-state index in [-0.39, 0.29) is 4.90 Å². The molecule has 0 fully saturated rings. The molecule has 9 heteroatoms. The van der Waals surface area contributed by atoms with E-state index < -0.39 is 18.6 Å². The van der Waals surface area contributed by atoms with E-state index in [2.05, 4.69) is 60.1 Å². The molecule has 0 radical (unpaired) electrons. The Balaban J connectivity index is 0.000000642. The molecule has 174 valence electrons. The van der Waals surface area contributed by atoms with Crippen LogP contribution in [0.15, 0.2) is 41.8 Å². The first kappa shape index (κ1) is 29.1. The molecule has 30 heavy (non-hydrogen) atoms. The highest BCUT2D eigenvalue weighted by atomic mass is 32.2. The van der Waals surface area contributed by atoms with Gasteiger partial charge in [-0.3, -0.25) is 0 Å². The number of quaternary nitrogens is 1.